The van der Waals surface area contributed by atoms with Crippen molar-refractivity contribution in [2.75, 3.05) is 6.54 Å². The van der Waals surface area contributed by atoms with Gasteiger partial charge in [-0.1, -0.05) is 72.5 Å². The molecule has 0 aliphatic rings. The first kappa shape index (κ1) is 22.3. The van der Waals surface area contributed by atoms with Gasteiger partial charge < -0.3 is 4.98 Å². The molecule has 1 atom stereocenters. The van der Waals surface area contributed by atoms with Crippen LogP contribution >= 0.6 is 0 Å². The van der Waals surface area contributed by atoms with Crippen LogP contribution in [0.1, 0.15) is 65.4 Å². The molecule has 1 nitrogen and oxygen atoms in total. The number of rotatable bonds is 11. The zero-order valence-electron chi connectivity index (χ0n) is 17.0. The first-order chi connectivity index (χ1) is 11.6. The molecule has 1 N–H and O–H groups in total. The van der Waals surface area contributed by atoms with Crippen molar-refractivity contribution in [1.82, 2.24) is 4.98 Å². The summed E-state index contributed by atoms with van der Waals surface area (Å²) in [4.78, 5) is 3.81. The molecular weight excluding hydrogens is 332 g/mol. The summed E-state index contributed by atoms with van der Waals surface area (Å²) in [5.74, 6) is -0.240. The molecule has 25 heavy (non-hydrogen) atoms. The van der Waals surface area contributed by atoms with Crippen molar-refractivity contribution in [1.29, 1.82) is 0 Å². The number of benzene rings is 1. The molecule has 1 aromatic rings. The number of hydrogen-bond donors (Lipinski definition) is 1. The summed E-state index contributed by atoms with van der Waals surface area (Å²) in [5, 5.41) is 0.307. The molecule has 0 bridgehead atoms. The highest BCUT2D eigenvalue weighted by molar-refractivity contribution is 6.77. The summed E-state index contributed by atoms with van der Waals surface area (Å²) in [6.45, 7) is 15.1. The van der Waals surface area contributed by atoms with Gasteiger partial charge in [-0.05, 0) is 42.0 Å². The van der Waals surface area contributed by atoms with Crippen LogP contribution in [0.4, 0.5) is 8.78 Å². The molecule has 4 heteroatoms. The molecule has 0 radical (unpaired) electrons. The van der Waals surface area contributed by atoms with E-state index in [0.717, 1.165) is 19.0 Å². The summed E-state index contributed by atoms with van der Waals surface area (Å²) < 4.78 is 26.7. The van der Waals surface area contributed by atoms with Crippen molar-refractivity contribution >= 4 is 8.24 Å². The van der Waals surface area contributed by atoms with Gasteiger partial charge in [0.05, 0.1) is 0 Å². The predicted molar refractivity (Wildman–Crippen MR) is 108 cm³/mol. The molecular formula is C21H37F2NSi. The van der Waals surface area contributed by atoms with Crippen LogP contribution in [0.25, 0.3) is 0 Å². The molecule has 0 saturated heterocycles. The third-order valence-electron chi connectivity index (χ3n) is 6.29. The Labute approximate surface area is 154 Å². The lowest BCUT2D eigenvalue weighted by atomic mass is 9.91. The number of hydrogen-bond acceptors (Lipinski definition) is 1. The van der Waals surface area contributed by atoms with Gasteiger partial charge in [0.1, 0.15) is 19.9 Å². The molecule has 0 amide bonds. The van der Waals surface area contributed by atoms with E-state index in [1.165, 1.54) is 31.7 Å². The molecule has 0 aliphatic heterocycles. The average molecular weight is 370 g/mol. The Bertz CT molecular complexity index is 529. The van der Waals surface area contributed by atoms with Crippen molar-refractivity contribution in [2.24, 2.45) is 5.92 Å². The van der Waals surface area contributed by atoms with Crippen molar-refractivity contribution in [3.05, 3.63) is 35.4 Å². The monoisotopic (exact) mass is 369 g/mol. The zero-order chi connectivity index (χ0) is 19.1. The molecule has 0 spiro atoms. The third-order valence-corrected chi connectivity index (χ3v) is 11.1. The molecule has 0 aliphatic carbocycles. The largest absolute Gasteiger partial charge is 0.337 e. The van der Waals surface area contributed by atoms with E-state index in [9.17, 15) is 8.78 Å². The summed E-state index contributed by atoms with van der Waals surface area (Å²) in [6.07, 6.45) is 6.72. The van der Waals surface area contributed by atoms with Gasteiger partial charge in [-0.3, -0.25) is 0 Å². The summed E-state index contributed by atoms with van der Waals surface area (Å²) in [6, 6.07) is 3.88. The van der Waals surface area contributed by atoms with Gasteiger partial charge in [0.15, 0.2) is 0 Å². The first-order valence-electron chi connectivity index (χ1n) is 9.80. The highest BCUT2D eigenvalue weighted by Gasteiger charge is 2.42. The second-order valence-electron chi connectivity index (χ2n) is 8.51. The minimum Gasteiger partial charge on any atom is -0.337 e. The van der Waals surface area contributed by atoms with Crippen LogP contribution < -0.4 is 4.98 Å². The Kier molecular flexibility index (Phi) is 8.76. The Balaban J connectivity index is 2.50. The highest BCUT2D eigenvalue weighted by atomic mass is 28.3. The number of unbranched alkanes of at least 4 members (excludes halogenated alkanes) is 2. The normalized spacial score (nSPS) is 13.9. The minimum atomic E-state index is -1.62. The molecule has 0 saturated carbocycles. The van der Waals surface area contributed by atoms with Crippen LogP contribution in [0.2, 0.25) is 18.1 Å². The van der Waals surface area contributed by atoms with Crippen molar-refractivity contribution < 1.29 is 8.78 Å². The lowest BCUT2D eigenvalue weighted by molar-refractivity contribution is 0.375. The van der Waals surface area contributed by atoms with Crippen molar-refractivity contribution in [3.63, 3.8) is 0 Å². The third kappa shape index (κ3) is 6.48. The van der Waals surface area contributed by atoms with Gasteiger partial charge in [-0.2, -0.15) is 0 Å². The van der Waals surface area contributed by atoms with Crippen molar-refractivity contribution in [3.8, 4) is 0 Å². The van der Waals surface area contributed by atoms with E-state index in [4.69, 9.17) is 0 Å². The predicted octanol–water partition coefficient (Wildman–Crippen LogP) is 6.69. The van der Waals surface area contributed by atoms with E-state index in [1.807, 2.05) is 0 Å². The van der Waals surface area contributed by atoms with Gasteiger partial charge in [0.2, 0.25) is 0 Å². The lowest BCUT2D eigenvalue weighted by Gasteiger charge is -2.45. The fourth-order valence-electron chi connectivity index (χ4n) is 3.31. The van der Waals surface area contributed by atoms with Gasteiger partial charge in [-0.15, -0.1) is 0 Å². The van der Waals surface area contributed by atoms with E-state index in [2.05, 4.69) is 45.8 Å². The Morgan fingerprint density at radius 2 is 1.80 bits per heavy atom. The van der Waals surface area contributed by atoms with Crippen LogP contribution in [-0.4, -0.2) is 14.8 Å². The highest BCUT2D eigenvalue weighted by Crippen LogP contribution is 2.45. The Hall–Kier alpha value is -0.743. The van der Waals surface area contributed by atoms with Gasteiger partial charge in [0, 0.05) is 6.07 Å². The summed E-state index contributed by atoms with van der Waals surface area (Å²) >= 11 is 0. The van der Waals surface area contributed by atoms with Gasteiger partial charge in [-0.25, -0.2) is 8.78 Å². The van der Waals surface area contributed by atoms with E-state index in [0.29, 0.717) is 22.9 Å². The fraction of sp³-hybridized carbons (Fsp3) is 0.714. The zero-order valence-corrected chi connectivity index (χ0v) is 18.0. The quantitative estimate of drug-likeness (QED) is 0.338. The van der Waals surface area contributed by atoms with Crippen LogP contribution in [0.15, 0.2) is 18.2 Å². The molecule has 0 heterocycles. The van der Waals surface area contributed by atoms with Gasteiger partial charge >= 0.3 is 0 Å². The maximum atomic E-state index is 13.7. The van der Waals surface area contributed by atoms with Crippen LogP contribution in [0.5, 0.6) is 0 Å². The van der Waals surface area contributed by atoms with E-state index in [1.54, 1.807) is 6.07 Å². The Morgan fingerprint density at radius 3 is 2.40 bits per heavy atom. The second kappa shape index (κ2) is 9.82. The van der Waals surface area contributed by atoms with E-state index in [-0.39, 0.29) is 0 Å². The molecule has 1 aromatic carbocycles. The molecule has 0 fully saturated rings. The topological polar surface area (TPSA) is 12.0 Å². The maximum absolute atomic E-state index is 13.7. The summed E-state index contributed by atoms with van der Waals surface area (Å²) in [5.41, 5.74) is 0.606. The number of aryl methyl sites for hydroxylation is 1. The fourth-order valence-corrected chi connectivity index (χ4v) is 5.94. The van der Waals surface area contributed by atoms with E-state index < -0.39 is 19.9 Å². The van der Waals surface area contributed by atoms with Crippen LogP contribution in [0, 0.1) is 17.6 Å². The van der Waals surface area contributed by atoms with Gasteiger partial charge in [0.25, 0.3) is 0 Å². The minimum absolute atomic E-state index is 0.307. The smallest absolute Gasteiger partial charge is 0.129 e. The second-order valence-corrected chi connectivity index (χ2v) is 13.4. The Morgan fingerprint density at radius 1 is 1.12 bits per heavy atom. The van der Waals surface area contributed by atoms with E-state index >= 15 is 0 Å². The van der Waals surface area contributed by atoms with Crippen molar-refractivity contribution in [2.45, 2.75) is 84.4 Å². The molecule has 0 aromatic heterocycles. The number of nitrogens with one attached hydrogen (secondary N) is 1. The number of halogens is 2. The maximum Gasteiger partial charge on any atom is 0.129 e. The molecule has 144 valence electrons. The molecule has 1 unspecified atom stereocenters. The SMILES string of the molecule is CCCCCC(C)C(C)(C)[Si](C)(C)NCCCc1ccc(F)cc1F. The lowest BCUT2D eigenvalue weighted by Crippen LogP contribution is -2.55. The first-order valence-corrected chi connectivity index (χ1v) is 12.8. The van der Waals surface area contributed by atoms with Crippen LogP contribution in [0.3, 0.4) is 0 Å². The average Bonchev–Trinajstić information content (AvgIpc) is 2.53. The van der Waals surface area contributed by atoms with Crippen LogP contribution in [-0.2, 0) is 6.42 Å². The standard InChI is InChI=1S/C21H37F2NSi/c1-7-8-9-11-17(2)21(3,4)25(5,6)24-15-10-12-18-13-14-19(22)16-20(18)23/h13-14,16-17,24H,7-12,15H2,1-6H3. The summed E-state index contributed by atoms with van der Waals surface area (Å²) in [7, 11) is -1.62. The molecule has 1 rings (SSSR count).